The van der Waals surface area contributed by atoms with Gasteiger partial charge in [0.05, 0.1) is 6.54 Å². The standard InChI is InChI=1S/C16H21N7/c1-13-11-14(3-6-18-13)12-21-15(17)22-7-9-23(10-8-22)16-19-4-2-5-20-16/h2-6,11H,7-10,12H2,1H3,(H2,17,21). The van der Waals surface area contributed by atoms with Crippen LogP contribution in [0, 0.1) is 6.92 Å². The van der Waals surface area contributed by atoms with Crippen LogP contribution in [0.5, 0.6) is 0 Å². The van der Waals surface area contributed by atoms with Crippen LogP contribution in [0.25, 0.3) is 0 Å². The average Bonchev–Trinajstić information content (AvgIpc) is 2.61. The van der Waals surface area contributed by atoms with Gasteiger partial charge in [0.15, 0.2) is 5.96 Å². The molecule has 3 rings (SSSR count). The molecule has 0 saturated carbocycles. The zero-order valence-electron chi connectivity index (χ0n) is 13.3. The van der Waals surface area contributed by atoms with Gasteiger partial charge in [0.1, 0.15) is 0 Å². The lowest BCUT2D eigenvalue weighted by atomic mass is 10.2. The number of pyridine rings is 1. The van der Waals surface area contributed by atoms with Crippen molar-refractivity contribution in [1.29, 1.82) is 0 Å². The fourth-order valence-corrected chi connectivity index (χ4v) is 2.56. The van der Waals surface area contributed by atoms with Gasteiger partial charge in [-0.05, 0) is 30.7 Å². The van der Waals surface area contributed by atoms with Crippen LogP contribution in [0.2, 0.25) is 0 Å². The van der Waals surface area contributed by atoms with E-state index in [1.54, 1.807) is 18.6 Å². The van der Waals surface area contributed by atoms with E-state index >= 15 is 0 Å². The summed E-state index contributed by atoms with van der Waals surface area (Å²) in [5.74, 6) is 1.36. The number of nitrogens with two attached hydrogens (primary N) is 1. The number of guanidine groups is 1. The SMILES string of the molecule is Cc1cc(CN=C(N)N2CCN(c3ncccn3)CC2)ccn1. The summed E-state index contributed by atoms with van der Waals surface area (Å²) in [5.41, 5.74) is 8.24. The van der Waals surface area contributed by atoms with Gasteiger partial charge >= 0.3 is 0 Å². The van der Waals surface area contributed by atoms with Crippen molar-refractivity contribution in [2.24, 2.45) is 10.7 Å². The molecule has 120 valence electrons. The maximum absolute atomic E-state index is 6.13. The van der Waals surface area contributed by atoms with Gasteiger partial charge in [0.2, 0.25) is 5.95 Å². The number of piperazine rings is 1. The lowest BCUT2D eigenvalue weighted by Gasteiger charge is -2.35. The van der Waals surface area contributed by atoms with E-state index < -0.39 is 0 Å². The van der Waals surface area contributed by atoms with Crippen LogP contribution in [0.3, 0.4) is 0 Å². The van der Waals surface area contributed by atoms with Crippen LogP contribution in [0.4, 0.5) is 5.95 Å². The number of rotatable bonds is 3. The van der Waals surface area contributed by atoms with Gasteiger partial charge in [0, 0.05) is 50.5 Å². The smallest absolute Gasteiger partial charge is 0.225 e. The van der Waals surface area contributed by atoms with Crippen molar-refractivity contribution < 1.29 is 0 Å². The molecule has 7 heteroatoms. The minimum absolute atomic E-state index is 0.581. The molecule has 7 nitrogen and oxygen atoms in total. The summed E-state index contributed by atoms with van der Waals surface area (Å²) in [4.78, 5) is 21.5. The van der Waals surface area contributed by atoms with E-state index in [0.29, 0.717) is 12.5 Å². The molecule has 0 amide bonds. The minimum Gasteiger partial charge on any atom is -0.370 e. The number of anilines is 1. The topological polar surface area (TPSA) is 83.5 Å². The Kier molecular flexibility index (Phi) is 4.65. The third-order valence-corrected chi connectivity index (χ3v) is 3.82. The number of hydrogen-bond donors (Lipinski definition) is 1. The molecule has 0 radical (unpaired) electrons. The van der Waals surface area contributed by atoms with Crippen molar-refractivity contribution in [3.63, 3.8) is 0 Å². The first-order valence-corrected chi connectivity index (χ1v) is 7.71. The second-order valence-corrected chi connectivity index (χ2v) is 5.50. The third kappa shape index (κ3) is 3.94. The number of aliphatic imine (C=N–C) groups is 1. The molecule has 2 aromatic heterocycles. The lowest BCUT2D eigenvalue weighted by Crippen LogP contribution is -2.51. The lowest BCUT2D eigenvalue weighted by molar-refractivity contribution is 0.378. The summed E-state index contributed by atoms with van der Waals surface area (Å²) in [7, 11) is 0. The number of aromatic nitrogens is 3. The highest BCUT2D eigenvalue weighted by molar-refractivity contribution is 5.78. The molecule has 0 aromatic carbocycles. The van der Waals surface area contributed by atoms with Gasteiger partial charge in [0.25, 0.3) is 0 Å². The summed E-state index contributed by atoms with van der Waals surface area (Å²) in [6.45, 7) is 5.88. The highest BCUT2D eigenvalue weighted by Crippen LogP contribution is 2.10. The van der Waals surface area contributed by atoms with Gasteiger partial charge in [-0.25, -0.2) is 15.0 Å². The van der Waals surface area contributed by atoms with Crippen LogP contribution in [0.15, 0.2) is 41.8 Å². The Hall–Kier alpha value is -2.70. The molecule has 1 saturated heterocycles. The molecule has 2 N–H and O–H groups in total. The van der Waals surface area contributed by atoms with Gasteiger partial charge in [-0.3, -0.25) is 4.98 Å². The van der Waals surface area contributed by atoms with Crippen LogP contribution >= 0.6 is 0 Å². The third-order valence-electron chi connectivity index (χ3n) is 3.82. The summed E-state index contributed by atoms with van der Waals surface area (Å²) in [5, 5.41) is 0. The number of hydrogen-bond acceptors (Lipinski definition) is 5. The fraction of sp³-hybridized carbons (Fsp3) is 0.375. The van der Waals surface area contributed by atoms with Crippen molar-refractivity contribution in [2.45, 2.75) is 13.5 Å². The molecule has 2 aromatic rings. The summed E-state index contributed by atoms with van der Waals surface area (Å²) in [6.07, 6.45) is 5.33. The van der Waals surface area contributed by atoms with Gasteiger partial charge in [-0.1, -0.05) is 0 Å². The van der Waals surface area contributed by atoms with Gasteiger partial charge in [-0.15, -0.1) is 0 Å². The molecule has 3 heterocycles. The first-order valence-electron chi connectivity index (χ1n) is 7.71. The molecule has 0 aliphatic carbocycles. The largest absolute Gasteiger partial charge is 0.370 e. The Morgan fingerprint density at radius 3 is 2.57 bits per heavy atom. The van der Waals surface area contributed by atoms with E-state index in [2.05, 4.69) is 29.7 Å². The molecule has 0 atom stereocenters. The fourth-order valence-electron chi connectivity index (χ4n) is 2.56. The zero-order valence-corrected chi connectivity index (χ0v) is 13.3. The van der Waals surface area contributed by atoms with E-state index in [4.69, 9.17) is 5.73 Å². The quantitative estimate of drug-likeness (QED) is 0.667. The Morgan fingerprint density at radius 2 is 1.87 bits per heavy atom. The normalized spacial score (nSPS) is 15.8. The molecule has 1 aliphatic heterocycles. The second kappa shape index (κ2) is 7.04. The van der Waals surface area contributed by atoms with Crippen molar-refractivity contribution in [3.05, 3.63) is 48.0 Å². The van der Waals surface area contributed by atoms with E-state index in [1.165, 1.54) is 0 Å². The zero-order chi connectivity index (χ0) is 16.1. The molecule has 0 spiro atoms. The Labute approximate surface area is 135 Å². The second-order valence-electron chi connectivity index (χ2n) is 5.50. The van der Waals surface area contributed by atoms with Gasteiger partial charge in [-0.2, -0.15) is 0 Å². The predicted molar refractivity (Wildman–Crippen MR) is 90.1 cm³/mol. The van der Waals surface area contributed by atoms with Crippen LogP contribution in [-0.4, -0.2) is 52.0 Å². The molecule has 23 heavy (non-hydrogen) atoms. The molecule has 1 fully saturated rings. The van der Waals surface area contributed by atoms with Crippen molar-refractivity contribution in [3.8, 4) is 0 Å². The molecular weight excluding hydrogens is 290 g/mol. The first-order chi connectivity index (χ1) is 11.2. The molecule has 0 unspecified atom stereocenters. The summed E-state index contributed by atoms with van der Waals surface area (Å²) in [6, 6.07) is 5.82. The minimum atomic E-state index is 0.581. The number of aryl methyl sites for hydroxylation is 1. The van der Waals surface area contributed by atoms with Crippen molar-refractivity contribution in [1.82, 2.24) is 19.9 Å². The summed E-state index contributed by atoms with van der Waals surface area (Å²) >= 11 is 0. The maximum Gasteiger partial charge on any atom is 0.225 e. The molecule has 1 aliphatic rings. The highest BCUT2D eigenvalue weighted by Gasteiger charge is 2.19. The Balaban J connectivity index is 1.55. The van der Waals surface area contributed by atoms with Crippen molar-refractivity contribution in [2.75, 3.05) is 31.1 Å². The molecule has 0 bridgehead atoms. The maximum atomic E-state index is 6.13. The first kappa shape index (κ1) is 15.2. The average molecular weight is 311 g/mol. The predicted octanol–water partition coefficient (Wildman–Crippen LogP) is 0.817. The van der Waals surface area contributed by atoms with E-state index in [9.17, 15) is 0 Å². The van der Waals surface area contributed by atoms with Gasteiger partial charge < -0.3 is 15.5 Å². The van der Waals surface area contributed by atoms with Crippen LogP contribution in [0.1, 0.15) is 11.3 Å². The summed E-state index contributed by atoms with van der Waals surface area (Å²) < 4.78 is 0. The van der Waals surface area contributed by atoms with E-state index in [1.807, 2.05) is 25.1 Å². The van der Waals surface area contributed by atoms with Crippen LogP contribution < -0.4 is 10.6 Å². The monoisotopic (exact) mass is 311 g/mol. The van der Waals surface area contributed by atoms with E-state index in [0.717, 1.165) is 43.4 Å². The van der Waals surface area contributed by atoms with Crippen LogP contribution in [-0.2, 0) is 6.54 Å². The Morgan fingerprint density at radius 1 is 1.13 bits per heavy atom. The van der Waals surface area contributed by atoms with Crippen molar-refractivity contribution >= 4 is 11.9 Å². The number of nitrogens with zero attached hydrogens (tertiary/aromatic N) is 6. The Bertz CT molecular complexity index is 663. The highest BCUT2D eigenvalue weighted by atomic mass is 15.3. The molecular formula is C16H21N7. The van der Waals surface area contributed by atoms with E-state index in [-0.39, 0.29) is 0 Å².